The quantitative estimate of drug-likeness (QED) is 0.0563. The fraction of sp³-hybridized carbons (Fsp3) is 0.459. The first-order valence-electron chi connectivity index (χ1n) is 25.7. The van der Waals surface area contributed by atoms with E-state index in [1.165, 1.54) is 26.3 Å². The van der Waals surface area contributed by atoms with E-state index in [0.29, 0.717) is 52.1 Å². The first-order chi connectivity index (χ1) is 33.8. The third kappa shape index (κ3) is 12.8. The summed E-state index contributed by atoms with van der Waals surface area (Å²) in [5, 5.41) is 4.68. The molecule has 8 nitrogen and oxygen atoms in total. The summed E-state index contributed by atoms with van der Waals surface area (Å²) in [4.78, 5) is 14.9. The van der Waals surface area contributed by atoms with Crippen molar-refractivity contribution in [1.82, 2.24) is 0 Å². The van der Waals surface area contributed by atoms with Gasteiger partial charge in [0.25, 0.3) is 16.6 Å². The molecule has 0 bridgehead atoms. The number of ether oxygens (including phenoxy) is 5. The first kappa shape index (κ1) is 54.3. The van der Waals surface area contributed by atoms with Crippen molar-refractivity contribution in [2.45, 2.75) is 148 Å². The van der Waals surface area contributed by atoms with E-state index in [-0.39, 0.29) is 46.7 Å². The largest absolute Gasteiger partial charge is 0.497 e. The predicted molar refractivity (Wildman–Crippen MR) is 292 cm³/mol. The Morgan fingerprint density at radius 1 is 0.634 bits per heavy atom. The second kappa shape index (κ2) is 23.1. The Bertz CT molecular complexity index is 2380. The van der Waals surface area contributed by atoms with Gasteiger partial charge in [-0.25, -0.2) is 0 Å². The molecule has 5 aromatic rings. The number of carbonyl (C=O) groups is 1. The third-order valence-electron chi connectivity index (χ3n) is 14.7. The second-order valence-electron chi connectivity index (χ2n) is 22.6. The van der Waals surface area contributed by atoms with Gasteiger partial charge in [0.05, 0.1) is 51.3 Å². The maximum absolute atomic E-state index is 14.9. The Labute approximate surface area is 427 Å². The lowest BCUT2D eigenvalue weighted by atomic mass is 9.76. The SMILES string of the molecule is COc1ccc(COC[C@H]2C/C(=C\CO[Si](c3ccccc3)(c3ccccc3)C(C)(C)C)C[C@@H](CC(=O)C(C)(C)[C@@H]3C[C@@H](CCO[Si](c4ccccc4)(c4ccccc4)C(C)(C)C)OC(C)(C)O3)O2)cc1. The van der Waals surface area contributed by atoms with Crippen molar-refractivity contribution in [2.75, 3.05) is 26.9 Å². The minimum Gasteiger partial charge on any atom is -0.497 e. The molecule has 0 unspecified atom stereocenters. The van der Waals surface area contributed by atoms with E-state index < -0.39 is 27.8 Å². The van der Waals surface area contributed by atoms with Crippen LogP contribution in [0.25, 0.3) is 0 Å². The van der Waals surface area contributed by atoms with Crippen LogP contribution >= 0.6 is 0 Å². The van der Waals surface area contributed by atoms with E-state index in [2.05, 4.69) is 169 Å². The van der Waals surface area contributed by atoms with Crippen molar-refractivity contribution in [3.8, 4) is 5.75 Å². The highest BCUT2D eigenvalue weighted by molar-refractivity contribution is 7.00. The summed E-state index contributed by atoms with van der Waals surface area (Å²) < 4.78 is 46.5. The molecule has 2 saturated heterocycles. The molecule has 2 fully saturated rings. The van der Waals surface area contributed by atoms with E-state index >= 15 is 0 Å². The Balaban J connectivity index is 1.08. The number of carbonyl (C=O) groups excluding carboxylic acids is 1. The molecule has 0 amide bonds. The zero-order chi connectivity index (χ0) is 50.9. The fourth-order valence-electron chi connectivity index (χ4n) is 11.0. The van der Waals surface area contributed by atoms with Gasteiger partial charge in [0, 0.05) is 24.9 Å². The molecule has 2 aliphatic rings. The van der Waals surface area contributed by atoms with Gasteiger partial charge >= 0.3 is 0 Å². The van der Waals surface area contributed by atoms with Gasteiger partial charge in [-0.1, -0.05) is 200 Å². The highest BCUT2D eigenvalue weighted by Crippen LogP contribution is 2.42. The summed E-state index contributed by atoms with van der Waals surface area (Å²) in [6.45, 7) is 23.6. The van der Waals surface area contributed by atoms with E-state index in [9.17, 15) is 4.79 Å². The number of hydrogen-bond acceptors (Lipinski definition) is 8. The standard InChI is InChI=1S/C61H80O8Si2/c1-58(2,3)70(52-24-16-12-17-25-52,53-26-18-13-19-27-53)65-38-36-47-40-50(67-51(41-47)45-64-44-46-32-34-48(63-11)35-33-46)42-56(62)60(7,8)57-43-49(68-61(9,10)69-57)37-39-66-71(59(4,5)6,54-28-20-14-21-29-54)55-30-22-15-23-31-55/h12-36,49-51,57H,37-45H2,1-11H3/b47-36-/t49-,50+,51-,57+/m1/s1. The van der Waals surface area contributed by atoms with Crippen molar-refractivity contribution >= 4 is 43.2 Å². The van der Waals surface area contributed by atoms with Gasteiger partial charge in [0.2, 0.25) is 0 Å². The number of ketones is 1. The van der Waals surface area contributed by atoms with Gasteiger partial charge in [0.15, 0.2) is 5.79 Å². The number of Topliss-reactive ketones (excluding diaryl/α,β-unsaturated/α-hetero) is 1. The summed E-state index contributed by atoms with van der Waals surface area (Å²) in [6.07, 6.45) is 3.95. The lowest BCUT2D eigenvalue weighted by molar-refractivity contribution is -0.314. The zero-order valence-electron chi connectivity index (χ0n) is 44.4. The summed E-state index contributed by atoms with van der Waals surface area (Å²) in [6, 6.07) is 50.9. The zero-order valence-corrected chi connectivity index (χ0v) is 46.4. The molecule has 10 heteroatoms. The first-order valence-corrected chi connectivity index (χ1v) is 29.5. The molecule has 0 radical (unpaired) electrons. The minimum atomic E-state index is -2.77. The maximum atomic E-state index is 14.9. The lowest BCUT2D eigenvalue weighted by Crippen LogP contribution is -2.66. The normalized spacial score (nSPS) is 20.7. The minimum absolute atomic E-state index is 0.107. The molecule has 4 atom stereocenters. The average Bonchev–Trinajstić information content (AvgIpc) is 3.34. The van der Waals surface area contributed by atoms with E-state index in [1.54, 1.807) is 7.11 Å². The number of hydrogen-bond donors (Lipinski definition) is 0. The Hall–Kier alpha value is -4.50. The van der Waals surface area contributed by atoms with Gasteiger partial charge in [0.1, 0.15) is 11.5 Å². The number of benzene rings is 5. The van der Waals surface area contributed by atoms with E-state index in [1.807, 2.05) is 52.0 Å². The van der Waals surface area contributed by atoms with E-state index in [4.69, 9.17) is 32.5 Å². The van der Waals surface area contributed by atoms with Gasteiger partial charge < -0.3 is 32.5 Å². The van der Waals surface area contributed by atoms with Gasteiger partial charge in [-0.05, 0) is 81.6 Å². The molecule has 71 heavy (non-hydrogen) atoms. The van der Waals surface area contributed by atoms with Crippen LogP contribution < -0.4 is 25.5 Å². The van der Waals surface area contributed by atoms with Crippen LogP contribution in [-0.2, 0) is 39.2 Å². The van der Waals surface area contributed by atoms with Crippen LogP contribution in [0.1, 0.15) is 107 Å². The molecular weight excluding hydrogens is 917 g/mol. The molecule has 2 heterocycles. The Kier molecular flexibility index (Phi) is 17.7. The summed E-state index contributed by atoms with van der Waals surface area (Å²) in [5.41, 5.74) is 1.44. The molecule has 0 N–H and O–H groups in total. The van der Waals surface area contributed by atoms with Crippen LogP contribution in [-0.4, -0.2) is 79.6 Å². The van der Waals surface area contributed by atoms with Gasteiger partial charge in [-0.2, -0.15) is 0 Å². The Morgan fingerprint density at radius 2 is 1.11 bits per heavy atom. The topological polar surface area (TPSA) is 81.7 Å². The summed E-state index contributed by atoms with van der Waals surface area (Å²) >= 11 is 0. The monoisotopic (exact) mass is 997 g/mol. The maximum Gasteiger partial charge on any atom is 0.261 e. The second-order valence-corrected chi connectivity index (χ2v) is 31.2. The molecule has 0 spiro atoms. The van der Waals surface area contributed by atoms with Crippen molar-refractivity contribution in [3.05, 3.63) is 163 Å². The highest BCUT2D eigenvalue weighted by Gasteiger charge is 2.52. The fourth-order valence-corrected chi connectivity index (χ4v) is 20.0. The van der Waals surface area contributed by atoms with Crippen LogP contribution in [0, 0.1) is 5.41 Å². The average molecular weight is 997 g/mol. The van der Waals surface area contributed by atoms with Crippen LogP contribution in [0.3, 0.4) is 0 Å². The summed E-state index contributed by atoms with van der Waals surface area (Å²) in [7, 11) is -3.85. The smallest absolute Gasteiger partial charge is 0.261 e. The molecule has 0 saturated carbocycles. The number of rotatable bonds is 20. The van der Waals surface area contributed by atoms with E-state index in [0.717, 1.165) is 11.3 Å². The molecule has 7 rings (SSSR count). The Morgan fingerprint density at radius 3 is 1.59 bits per heavy atom. The lowest BCUT2D eigenvalue weighted by Gasteiger charge is -2.47. The van der Waals surface area contributed by atoms with Crippen LogP contribution in [0.4, 0.5) is 0 Å². The van der Waals surface area contributed by atoms with Crippen molar-refractivity contribution < 1.29 is 37.3 Å². The molecule has 0 aromatic heterocycles. The van der Waals surface area contributed by atoms with Crippen LogP contribution in [0.5, 0.6) is 5.75 Å². The molecular formula is C61H80O8Si2. The van der Waals surface area contributed by atoms with Crippen LogP contribution in [0.15, 0.2) is 157 Å². The van der Waals surface area contributed by atoms with Gasteiger partial charge in [-0.3, -0.25) is 4.79 Å². The van der Waals surface area contributed by atoms with Crippen LogP contribution in [0.2, 0.25) is 10.1 Å². The predicted octanol–water partition coefficient (Wildman–Crippen LogP) is 11.1. The van der Waals surface area contributed by atoms with Crippen molar-refractivity contribution in [2.24, 2.45) is 5.41 Å². The highest BCUT2D eigenvalue weighted by atomic mass is 28.4. The molecule has 0 aliphatic carbocycles. The van der Waals surface area contributed by atoms with Gasteiger partial charge in [-0.15, -0.1) is 0 Å². The van der Waals surface area contributed by atoms with Crippen molar-refractivity contribution in [3.63, 3.8) is 0 Å². The molecule has 5 aromatic carbocycles. The molecule has 2 aliphatic heterocycles. The molecule has 380 valence electrons. The van der Waals surface area contributed by atoms with Crippen molar-refractivity contribution in [1.29, 1.82) is 0 Å². The summed E-state index contributed by atoms with van der Waals surface area (Å²) in [5.74, 6) is 0.0210. The third-order valence-corrected chi connectivity index (χ3v) is 24.7. The number of methoxy groups -OCH3 is 1.